The molecular weight excluding hydrogens is 318 g/mol. The maximum atomic E-state index is 11.2. The quantitative estimate of drug-likeness (QED) is 0.134. The maximum absolute atomic E-state index is 11.2. The number of aliphatic hydroxyl groups excluding tert-OH is 1. The van der Waals surface area contributed by atoms with Gasteiger partial charge in [0.2, 0.25) is 0 Å². The highest BCUT2D eigenvalue weighted by atomic mass is 16.3. The summed E-state index contributed by atoms with van der Waals surface area (Å²) in [6.07, 6.45) is 20.4. The molecular formula is C24H52NO+. The van der Waals surface area contributed by atoms with E-state index in [0.29, 0.717) is 0 Å². The summed E-state index contributed by atoms with van der Waals surface area (Å²) in [5.74, 6) is 0. The number of hydrogen-bond acceptors (Lipinski definition) is 1. The highest BCUT2D eigenvalue weighted by Crippen LogP contribution is 2.23. The molecule has 0 aromatic heterocycles. The van der Waals surface area contributed by atoms with Crippen LogP contribution in [-0.2, 0) is 0 Å². The molecule has 0 saturated heterocycles. The second-order valence-corrected chi connectivity index (χ2v) is 8.55. The summed E-state index contributed by atoms with van der Waals surface area (Å²) in [5, 5.41) is 11.2. The first-order valence-electron chi connectivity index (χ1n) is 12.2. The van der Waals surface area contributed by atoms with Crippen LogP contribution in [0.2, 0.25) is 0 Å². The molecule has 0 saturated carbocycles. The molecule has 0 spiro atoms. The van der Waals surface area contributed by atoms with Gasteiger partial charge in [-0.25, -0.2) is 0 Å². The minimum Gasteiger partial charge on any atom is -0.345 e. The first-order valence-corrected chi connectivity index (χ1v) is 12.2. The molecule has 0 aliphatic heterocycles. The normalized spacial score (nSPS) is 13.3. The van der Waals surface area contributed by atoms with Gasteiger partial charge in [-0.1, -0.05) is 79.1 Å². The molecule has 1 N–H and O–H groups in total. The Kier molecular flexibility index (Phi) is 18.2. The highest BCUT2D eigenvalue weighted by molar-refractivity contribution is 4.56. The van der Waals surface area contributed by atoms with Crippen LogP contribution < -0.4 is 0 Å². The molecule has 158 valence electrons. The van der Waals surface area contributed by atoms with Crippen LogP contribution in [0.1, 0.15) is 130 Å². The van der Waals surface area contributed by atoms with E-state index in [4.69, 9.17) is 0 Å². The zero-order valence-electron chi connectivity index (χ0n) is 18.9. The Morgan fingerprint density at radius 2 is 0.846 bits per heavy atom. The lowest BCUT2D eigenvalue weighted by Gasteiger charge is -2.43. The van der Waals surface area contributed by atoms with E-state index in [0.717, 1.165) is 10.9 Å². The fourth-order valence-corrected chi connectivity index (χ4v) is 4.19. The molecule has 0 aromatic rings. The summed E-state index contributed by atoms with van der Waals surface area (Å²) in [6.45, 7) is 12.7. The fraction of sp³-hybridized carbons (Fsp3) is 1.00. The van der Waals surface area contributed by atoms with Crippen molar-refractivity contribution in [2.45, 2.75) is 137 Å². The van der Waals surface area contributed by atoms with Gasteiger partial charge in [-0.3, -0.25) is 4.48 Å². The zero-order valence-corrected chi connectivity index (χ0v) is 18.9. The lowest BCUT2D eigenvalue weighted by Crippen LogP contribution is -2.57. The van der Waals surface area contributed by atoms with Crippen molar-refractivity contribution < 1.29 is 9.59 Å². The number of rotatable bonds is 20. The molecule has 0 heterocycles. The maximum Gasteiger partial charge on any atom is 0.190 e. The summed E-state index contributed by atoms with van der Waals surface area (Å²) < 4.78 is 1.00. The first-order chi connectivity index (χ1) is 12.7. The summed E-state index contributed by atoms with van der Waals surface area (Å²) in [5.41, 5.74) is 0. The van der Waals surface area contributed by atoms with Crippen LogP contribution in [0, 0.1) is 0 Å². The largest absolute Gasteiger partial charge is 0.345 e. The molecule has 1 atom stereocenters. The molecule has 0 fully saturated rings. The van der Waals surface area contributed by atoms with Gasteiger partial charge in [-0.05, 0) is 44.9 Å². The van der Waals surface area contributed by atoms with Gasteiger partial charge in [-0.15, -0.1) is 0 Å². The monoisotopic (exact) mass is 370 g/mol. The SMILES string of the molecule is CCCCCC[N+](CCCCCC)(CCCCCC)C(O)CCCCC. The smallest absolute Gasteiger partial charge is 0.190 e. The molecule has 26 heavy (non-hydrogen) atoms. The predicted molar refractivity (Wildman–Crippen MR) is 117 cm³/mol. The van der Waals surface area contributed by atoms with E-state index in [-0.39, 0.29) is 6.23 Å². The van der Waals surface area contributed by atoms with Gasteiger partial charge in [0.15, 0.2) is 6.23 Å². The van der Waals surface area contributed by atoms with Crippen LogP contribution in [0.25, 0.3) is 0 Å². The van der Waals surface area contributed by atoms with E-state index in [9.17, 15) is 5.11 Å². The Morgan fingerprint density at radius 1 is 0.500 bits per heavy atom. The zero-order chi connectivity index (χ0) is 19.5. The molecule has 0 bridgehead atoms. The molecule has 0 radical (unpaired) electrons. The average molecular weight is 371 g/mol. The third-order valence-electron chi connectivity index (χ3n) is 6.07. The number of aliphatic hydroxyl groups is 1. The van der Waals surface area contributed by atoms with Gasteiger partial charge < -0.3 is 5.11 Å². The van der Waals surface area contributed by atoms with Crippen LogP contribution in [0.4, 0.5) is 0 Å². The minimum atomic E-state index is -0.133. The third kappa shape index (κ3) is 12.3. The average Bonchev–Trinajstić information content (AvgIpc) is 2.65. The predicted octanol–water partition coefficient (Wildman–Crippen LogP) is 7.44. The van der Waals surface area contributed by atoms with E-state index in [2.05, 4.69) is 27.7 Å². The van der Waals surface area contributed by atoms with E-state index in [1.807, 2.05) is 0 Å². The summed E-state index contributed by atoms with van der Waals surface area (Å²) in [7, 11) is 0. The van der Waals surface area contributed by atoms with Crippen molar-refractivity contribution in [1.82, 2.24) is 0 Å². The van der Waals surface area contributed by atoms with Crippen molar-refractivity contribution in [2.24, 2.45) is 0 Å². The number of unbranched alkanes of at least 4 members (excludes halogenated alkanes) is 11. The summed E-state index contributed by atoms with van der Waals surface area (Å²) in [4.78, 5) is 0. The highest BCUT2D eigenvalue weighted by Gasteiger charge is 2.33. The van der Waals surface area contributed by atoms with Crippen molar-refractivity contribution in [3.8, 4) is 0 Å². The molecule has 0 aliphatic rings. The Labute approximate surface area is 166 Å². The van der Waals surface area contributed by atoms with Gasteiger partial charge in [0.1, 0.15) is 0 Å². The number of nitrogens with zero attached hydrogens (tertiary/aromatic N) is 1. The second-order valence-electron chi connectivity index (χ2n) is 8.55. The lowest BCUT2D eigenvalue weighted by molar-refractivity contribution is -0.972. The Bertz CT molecular complexity index is 248. The van der Waals surface area contributed by atoms with Crippen molar-refractivity contribution in [3.63, 3.8) is 0 Å². The minimum absolute atomic E-state index is 0.133. The van der Waals surface area contributed by atoms with Gasteiger partial charge in [0, 0.05) is 6.42 Å². The van der Waals surface area contributed by atoms with Crippen LogP contribution >= 0.6 is 0 Å². The molecule has 2 heteroatoms. The molecule has 0 aliphatic carbocycles. The van der Waals surface area contributed by atoms with Gasteiger partial charge >= 0.3 is 0 Å². The van der Waals surface area contributed by atoms with Crippen LogP contribution in [0.5, 0.6) is 0 Å². The number of quaternary nitrogens is 1. The van der Waals surface area contributed by atoms with Crippen LogP contribution in [-0.4, -0.2) is 35.5 Å². The van der Waals surface area contributed by atoms with Crippen molar-refractivity contribution in [2.75, 3.05) is 19.6 Å². The van der Waals surface area contributed by atoms with Crippen LogP contribution in [0.3, 0.4) is 0 Å². The van der Waals surface area contributed by atoms with Crippen LogP contribution in [0.15, 0.2) is 0 Å². The summed E-state index contributed by atoms with van der Waals surface area (Å²) >= 11 is 0. The molecule has 0 rings (SSSR count). The topological polar surface area (TPSA) is 20.2 Å². The second kappa shape index (κ2) is 18.3. The van der Waals surface area contributed by atoms with E-state index < -0.39 is 0 Å². The van der Waals surface area contributed by atoms with Crippen molar-refractivity contribution in [1.29, 1.82) is 0 Å². The molecule has 2 nitrogen and oxygen atoms in total. The van der Waals surface area contributed by atoms with Gasteiger partial charge in [0.05, 0.1) is 19.6 Å². The number of hydrogen-bond donors (Lipinski definition) is 1. The molecule has 0 amide bonds. The first kappa shape index (κ1) is 25.9. The summed E-state index contributed by atoms with van der Waals surface area (Å²) in [6, 6.07) is 0. The van der Waals surface area contributed by atoms with Crippen molar-refractivity contribution >= 4 is 0 Å². The Hall–Kier alpha value is -0.0800. The van der Waals surface area contributed by atoms with Crippen molar-refractivity contribution in [3.05, 3.63) is 0 Å². The lowest BCUT2D eigenvalue weighted by atomic mass is 10.1. The van der Waals surface area contributed by atoms with E-state index in [1.54, 1.807) is 0 Å². The van der Waals surface area contributed by atoms with Gasteiger partial charge in [-0.2, -0.15) is 0 Å². The Morgan fingerprint density at radius 3 is 1.19 bits per heavy atom. The fourth-order valence-electron chi connectivity index (χ4n) is 4.19. The standard InChI is InChI=1S/C24H52NO/c1-5-9-13-17-21-25(22-18-14-10-6-2,23-19-15-11-7-3)24(26)20-16-12-8-4/h24,26H,5-23H2,1-4H3/q+1. The van der Waals surface area contributed by atoms with E-state index >= 15 is 0 Å². The molecule has 0 aromatic carbocycles. The van der Waals surface area contributed by atoms with E-state index in [1.165, 1.54) is 116 Å². The molecule has 1 unspecified atom stereocenters. The van der Waals surface area contributed by atoms with Gasteiger partial charge in [0.25, 0.3) is 0 Å². The third-order valence-corrected chi connectivity index (χ3v) is 6.07. The Balaban J connectivity index is 4.89.